The molecule has 2 aromatic rings. The minimum atomic E-state index is -0.739. The van der Waals surface area contributed by atoms with Gasteiger partial charge in [-0.15, -0.1) is 11.3 Å². The quantitative estimate of drug-likeness (QED) is 0.911. The molecule has 0 bridgehead atoms. The standard InChI is InChI=1S/C13H11ClFNO2S/c14-11-5-4-8(19-11)6-7-16-13(18)12-9(15)2-1-3-10(12)17/h1-5,17H,6-7H2,(H,16,18). The van der Waals surface area contributed by atoms with Crippen molar-refractivity contribution in [2.24, 2.45) is 0 Å². The van der Waals surface area contributed by atoms with E-state index in [1.807, 2.05) is 6.07 Å². The van der Waals surface area contributed by atoms with Crippen LogP contribution in [0.4, 0.5) is 4.39 Å². The summed E-state index contributed by atoms with van der Waals surface area (Å²) in [6.07, 6.45) is 0.609. The van der Waals surface area contributed by atoms with Crippen molar-refractivity contribution in [1.82, 2.24) is 5.32 Å². The molecule has 6 heteroatoms. The van der Waals surface area contributed by atoms with E-state index >= 15 is 0 Å². The highest BCUT2D eigenvalue weighted by Crippen LogP contribution is 2.22. The highest BCUT2D eigenvalue weighted by molar-refractivity contribution is 7.16. The zero-order valence-corrected chi connectivity index (χ0v) is 11.4. The van der Waals surface area contributed by atoms with E-state index in [1.54, 1.807) is 6.07 Å². The highest BCUT2D eigenvalue weighted by atomic mass is 35.5. The Bertz CT molecular complexity index is 580. The van der Waals surface area contributed by atoms with E-state index in [2.05, 4.69) is 5.32 Å². The Labute approximate surface area is 118 Å². The zero-order chi connectivity index (χ0) is 13.8. The van der Waals surface area contributed by atoms with Gasteiger partial charge in [0.1, 0.15) is 17.1 Å². The third kappa shape index (κ3) is 3.45. The maximum Gasteiger partial charge on any atom is 0.258 e. The first-order valence-corrected chi connectivity index (χ1v) is 6.77. The second-order valence-electron chi connectivity index (χ2n) is 3.85. The Morgan fingerprint density at radius 1 is 1.37 bits per heavy atom. The van der Waals surface area contributed by atoms with Crippen molar-refractivity contribution < 1.29 is 14.3 Å². The Morgan fingerprint density at radius 3 is 2.79 bits per heavy atom. The maximum absolute atomic E-state index is 13.4. The fourth-order valence-electron chi connectivity index (χ4n) is 1.61. The normalized spacial score (nSPS) is 10.4. The molecule has 0 unspecified atom stereocenters. The Kier molecular flexibility index (Phi) is 4.39. The van der Waals surface area contributed by atoms with Crippen LogP contribution in [0.2, 0.25) is 4.34 Å². The van der Waals surface area contributed by atoms with Crippen molar-refractivity contribution >= 4 is 28.8 Å². The average molecular weight is 300 g/mol. The number of hydrogen-bond acceptors (Lipinski definition) is 3. The lowest BCUT2D eigenvalue weighted by Gasteiger charge is -2.07. The molecule has 19 heavy (non-hydrogen) atoms. The lowest BCUT2D eigenvalue weighted by molar-refractivity contribution is 0.0947. The predicted octanol–water partition coefficient (Wildman–Crippen LogP) is 3.22. The number of amides is 1. The Morgan fingerprint density at radius 2 is 2.16 bits per heavy atom. The molecule has 0 aliphatic heterocycles. The van der Waals surface area contributed by atoms with Gasteiger partial charge in [0.15, 0.2) is 0 Å². The van der Waals surface area contributed by atoms with Gasteiger partial charge in [0.2, 0.25) is 0 Å². The van der Waals surface area contributed by atoms with Crippen LogP contribution in [0.1, 0.15) is 15.2 Å². The Balaban J connectivity index is 1.94. The molecule has 2 N–H and O–H groups in total. The lowest BCUT2D eigenvalue weighted by Crippen LogP contribution is -2.26. The summed E-state index contributed by atoms with van der Waals surface area (Å²) in [6, 6.07) is 7.41. The molecule has 0 radical (unpaired) electrons. The van der Waals surface area contributed by atoms with Crippen LogP contribution in [0.5, 0.6) is 5.75 Å². The van der Waals surface area contributed by atoms with Crippen molar-refractivity contribution in [2.75, 3.05) is 6.54 Å². The number of hydrogen-bond donors (Lipinski definition) is 2. The van der Waals surface area contributed by atoms with Crippen LogP contribution in [-0.4, -0.2) is 17.6 Å². The number of phenolic OH excluding ortho intramolecular Hbond substituents is 1. The van der Waals surface area contributed by atoms with Gasteiger partial charge < -0.3 is 10.4 Å². The number of thiophene rings is 1. The molecule has 0 saturated carbocycles. The molecule has 0 saturated heterocycles. The van der Waals surface area contributed by atoms with Gasteiger partial charge in [-0.25, -0.2) is 4.39 Å². The monoisotopic (exact) mass is 299 g/mol. The van der Waals surface area contributed by atoms with E-state index in [9.17, 15) is 14.3 Å². The molecule has 1 aromatic heterocycles. The van der Waals surface area contributed by atoms with E-state index in [0.717, 1.165) is 10.9 Å². The van der Waals surface area contributed by atoms with E-state index in [-0.39, 0.29) is 11.3 Å². The number of carbonyl (C=O) groups excluding carboxylic acids is 1. The van der Waals surface area contributed by atoms with Crippen LogP contribution in [0, 0.1) is 5.82 Å². The van der Waals surface area contributed by atoms with Gasteiger partial charge in [-0.1, -0.05) is 17.7 Å². The van der Waals surface area contributed by atoms with E-state index in [1.165, 1.54) is 23.5 Å². The molecule has 0 aliphatic rings. The van der Waals surface area contributed by atoms with Crippen molar-refractivity contribution in [3.8, 4) is 5.75 Å². The van der Waals surface area contributed by atoms with Crippen molar-refractivity contribution in [2.45, 2.75) is 6.42 Å². The first-order chi connectivity index (χ1) is 9.08. The fourth-order valence-corrected chi connectivity index (χ4v) is 2.70. The van der Waals surface area contributed by atoms with Gasteiger partial charge in [-0.3, -0.25) is 4.79 Å². The summed E-state index contributed by atoms with van der Waals surface area (Å²) >= 11 is 7.22. The molecule has 1 heterocycles. The van der Waals surface area contributed by atoms with Crippen LogP contribution in [0.25, 0.3) is 0 Å². The first kappa shape index (κ1) is 13.8. The minimum absolute atomic E-state index is 0.327. The van der Waals surface area contributed by atoms with E-state index < -0.39 is 11.7 Å². The molecular weight excluding hydrogens is 289 g/mol. The molecule has 2 rings (SSSR count). The SMILES string of the molecule is O=C(NCCc1ccc(Cl)s1)c1c(O)cccc1F. The van der Waals surface area contributed by atoms with E-state index in [4.69, 9.17) is 11.6 Å². The molecule has 1 aromatic carbocycles. The Hall–Kier alpha value is -1.59. The number of halogens is 2. The summed E-state index contributed by atoms with van der Waals surface area (Å²) in [5, 5.41) is 12.0. The van der Waals surface area contributed by atoms with Gasteiger partial charge in [-0.2, -0.15) is 0 Å². The number of carbonyl (C=O) groups is 1. The number of aromatic hydroxyl groups is 1. The summed E-state index contributed by atoms with van der Waals surface area (Å²) in [4.78, 5) is 12.8. The van der Waals surface area contributed by atoms with Gasteiger partial charge in [0.05, 0.1) is 4.34 Å². The summed E-state index contributed by atoms with van der Waals surface area (Å²) in [6.45, 7) is 0.351. The zero-order valence-electron chi connectivity index (χ0n) is 9.82. The van der Waals surface area contributed by atoms with Crippen LogP contribution in [0.15, 0.2) is 30.3 Å². The summed E-state index contributed by atoms with van der Waals surface area (Å²) in [5.74, 6) is -1.73. The van der Waals surface area contributed by atoms with Crippen molar-refractivity contribution in [1.29, 1.82) is 0 Å². The molecular formula is C13H11ClFNO2S. The molecule has 100 valence electrons. The van der Waals surface area contributed by atoms with Gasteiger partial charge in [0.25, 0.3) is 5.91 Å². The summed E-state index contributed by atoms with van der Waals surface area (Å²) < 4.78 is 14.1. The molecule has 0 fully saturated rings. The number of rotatable bonds is 4. The predicted molar refractivity (Wildman–Crippen MR) is 73.4 cm³/mol. The van der Waals surface area contributed by atoms with Crippen molar-refractivity contribution in [3.05, 3.63) is 50.9 Å². The number of phenols is 1. The third-order valence-corrected chi connectivity index (χ3v) is 3.80. The van der Waals surface area contributed by atoms with Crippen LogP contribution in [0.3, 0.4) is 0 Å². The largest absolute Gasteiger partial charge is 0.507 e. The second-order valence-corrected chi connectivity index (χ2v) is 5.65. The number of benzene rings is 1. The van der Waals surface area contributed by atoms with E-state index in [0.29, 0.717) is 17.3 Å². The summed E-state index contributed by atoms with van der Waals surface area (Å²) in [5.41, 5.74) is -0.327. The molecule has 0 aliphatic carbocycles. The third-order valence-electron chi connectivity index (χ3n) is 2.50. The molecule has 0 atom stereocenters. The molecule has 0 spiro atoms. The van der Waals surface area contributed by atoms with Gasteiger partial charge in [0, 0.05) is 11.4 Å². The van der Waals surface area contributed by atoms with Crippen LogP contribution in [-0.2, 0) is 6.42 Å². The van der Waals surface area contributed by atoms with Gasteiger partial charge >= 0.3 is 0 Å². The maximum atomic E-state index is 13.4. The molecule has 3 nitrogen and oxygen atoms in total. The lowest BCUT2D eigenvalue weighted by atomic mass is 10.1. The highest BCUT2D eigenvalue weighted by Gasteiger charge is 2.15. The van der Waals surface area contributed by atoms with Crippen LogP contribution >= 0.6 is 22.9 Å². The number of nitrogens with one attached hydrogen (secondary N) is 1. The minimum Gasteiger partial charge on any atom is -0.507 e. The first-order valence-electron chi connectivity index (χ1n) is 5.58. The smallest absolute Gasteiger partial charge is 0.258 e. The average Bonchev–Trinajstić information content (AvgIpc) is 2.75. The molecule has 1 amide bonds. The topological polar surface area (TPSA) is 49.3 Å². The summed E-state index contributed by atoms with van der Waals surface area (Å²) in [7, 11) is 0. The van der Waals surface area contributed by atoms with Gasteiger partial charge in [-0.05, 0) is 30.7 Å². The fraction of sp³-hybridized carbons (Fsp3) is 0.154. The van der Waals surface area contributed by atoms with Crippen LogP contribution < -0.4 is 5.32 Å². The van der Waals surface area contributed by atoms with Crippen molar-refractivity contribution in [3.63, 3.8) is 0 Å². The second kappa shape index (κ2) is 6.04.